The fraction of sp³-hybridized carbons (Fsp3) is 0.583. The molecule has 0 aromatic carbocycles. The van der Waals surface area contributed by atoms with Crippen LogP contribution in [-0.2, 0) is 0 Å². The van der Waals surface area contributed by atoms with E-state index in [1.165, 1.54) is 6.07 Å². The van der Waals surface area contributed by atoms with Gasteiger partial charge in [-0.2, -0.15) is 0 Å². The summed E-state index contributed by atoms with van der Waals surface area (Å²) in [7, 11) is 2.13. The van der Waals surface area contributed by atoms with Crippen molar-refractivity contribution < 1.29 is 4.39 Å². The number of rotatable bonds is 2. The fourth-order valence-corrected chi connectivity index (χ4v) is 2.11. The highest BCUT2D eigenvalue weighted by molar-refractivity contribution is 5.36. The van der Waals surface area contributed by atoms with E-state index in [2.05, 4.69) is 29.2 Å². The van der Waals surface area contributed by atoms with Crippen LogP contribution in [0.25, 0.3) is 0 Å². The SMILES string of the molecule is CC1CC(Nc2ncccc2F)CCN1C. The molecule has 0 bridgehead atoms. The molecular weight excluding hydrogens is 205 g/mol. The Labute approximate surface area is 95.7 Å². The summed E-state index contributed by atoms with van der Waals surface area (Å²) < 4.78 is 13.4. The van der Waals surface area contributed by atoms with Crippen LogP contribution in [-0.4, -0.2) is 35.6 Å². The summed E-state index contributed by atoms with van der Waals surface area (Å²) >= 11 is 0. The predicted molar refractivity (Wildman–Crippen MR) is 62.9 cm³/mol. The van der Waals surface area contributed by atoms with Crippen molar-refractivity contribution in [3.63, 3.8) is 0 Å². The molecule has 2 atom stereocenters. The molecule has 0 saturated carbocycles. The summed E-state index contributed by atoms with van der Waals surface area (Å²) in [6.07, 6.45) is 3.69. The largest absolute Gasteiger partial charge is 0.365 e. The maximum absolute atomic E-state index is 13.4. The minimum Gasteiger partial charge on any atom is -0.365 e. The summed E-state index contributed by atoms with van der Waals surface area (Å²) in [5, 5.41) is 3.19. The van der Waals surface area contributed by atoms with Gasteiger partial charge in [0.2, 0.25) is 0 Å². The number of hydrogen-bond acceptors (Lipinski definition) is 3. The third kappa shape index (κ3) is 2.50. The molecule has 0 amide bonds. The van der Waals surface area contributed by atoms with Crippen LogP contribution < -0.4 is 5.32 Å². The number of pyridine rings is 1. The van der Waals surface area contributed by atoms with E-state index in [4.69, 9.17) is 0 Å². The first-order valence-corrected chi connectivity index (χ1v) is 5.74. The summed E-state index contributed by atoms with van der Waals surface area (Å²) in [5.74, 6) is 0.110. The number of piperidine rings is 1. The van der Waals surface area contributed by atoms with Gasteiger partial charge in [0.05, 0.1) is 0 Å². The van der Waals surface area contributed by atoms with Crippen molar-refractivity contribution in [2.45, 2.75) is 31.8 Å². The zero-order valence-electron chi connectivity index (χ0n) is 9.78. The van der Waals surface area contributed by atoms with E-state index in [9.17, 15) is 4.39 Å². The first-order valence-electron chi connectivity index (χ1n) is 5.74. The Hall–Kier alpha value is -1.16. The topological polar surface area (TPSA) is 28.2 Å². The van der Waals surface area contributed by atoms with Crippen molar-refractivity contribution in [1.82, 2.24) is 9.88 Å². The lowest BCUT2D eigenvalue weighted by Gasteiger charge is -2.35. The van der Waals surface area contributed by atoms with Crippen molar-refractivity contribution in [3.8, 4) is 0 Å². The zero-order valence-corrected chi connectivity index (χ0v) is 9.78. The monoisotopic (exact) mass is 223 g/mol. The quantitative estimate of drug-likeness (QED) is 0.832. The highest BCUT2D eigenvalue weighted by Crippen LogP contribution is 2.19. The first kappa shape index (κ1) is 11.3. The Balaban J connectivity index is 1.98. The molecule has 1 saturated heterocycles. The van der Waals surface area contributed by atoms with Gasteiger partial charge in [-0.3, -0.25) is 0 Å². The summed E-state index contributed by atoms with van der Waals surface area (Å²) in [5.41, 5.74) is 0. The van der Waals surface area contributed by atoms with E-state index in [0.717, 1.165) is 19.4 Å². The van der Waals surface area contributed by atoms with Gasteiger partial charge in [0, 0.05) is 24.8 Å². The second kappa shape index (κ2) is 4.78. The van der Waals surface area contributed by atoms with E-state index >= 15 is 0 Å². The van der Waals surface area contributed by atoms with E-state index in [0.29, 0.717) is 17.9 Å². The molecule has 16 heavy (non-hydrogen) atoms. The first-order chi connectivity index (χ1) is 7.66. The molecule has 0 radical (unpaired) electrons. The molecule has 1 aliphatic rings. The number of nitrogens with zero attached hydrogens (tertiary/aromatic N) is 2. The normalized spacial score (nSPS) is 26.7. The lowest BCUT2D eigenvalue weighted by atomic mass is 9.99. The van der Waals surface area contributed by atoms with Crippen LogP contribution in [0.3, 0.4) is 0 Å². The van der Waals surface area contributed by atoms with Crippen LogP contribution in [0.5, 0.6) is 0 Å². The van der Waals surface area contributed by atoms with Gasteiger partial charge in [0.15, 0.2) is 11.6 Å². The van der Waals surface area contributed by atoms with Crippen molar-refractivity contribution in [1.29, 1.82) is 0 Å². The number of anilines is 1. The lowest BCUT2D eigenvalue weighted by Crippen LogP contribution is -2.42. The molecule has 2 unspecified atom stereocenters. The third-order valence-corrected chi connectivity index (χ3v) is 3.31. The number of nitrogens with one attached hydrogen (secondary N) is 1. The molecule has 0 spiro atoms. The molecule has 1 fully saturated rings. The lowest BCUT2D eigenvalue weighted by molar-refractivity contribution is 0.190. The molecular formula is C12H18FN3. The molecule has 2 heterocycles. The Morgan fingerprint density at radius 2 is 2.38 bits per heavy atom. The highest BCUT2D eigenvalue weighted by Gasteiger charge is 2.23. The molecule has 1 aromatic heterocycles. The number of halogens is 1. The van der Waals surface area contributed by atoms with E-state index in [-0.39, 0.29) is 5.82 Å². The second-order valence-corrected chi connectivity index (χ2v) is 4.53. The van der Waals surface area contributed by atoms with E-state index in [1.54, 1.807) is 12.3 Å². The van der Waals surface area contributed by atoms with Gasteiger partial charge in [0.25, 0.3) is 0 Å². The molecule has 1 aliphatic heterocycles. The molecule has 88 valence electrons. The smallest absolute Gasteiger partial charge is 0.165 e. The van der Waals surface area contributed by atoms with Gasteiger partial charge in [-0.15, -0.1) is 0 Å². The van der Waals surface area contributed by atoms with Crippen LogP contribution in [0, 0.1) is 5.82 Å². The Morgan fingerprint density at radius 1 is 1.56 bits per heavy atom. The van der Waals surface area contributed by atoms with Gasteiger partial charge in [-0.1, -0.05) is 0 Å². The van der Waals surface area contributed by atoms with Crippen LogP contribution in [0.1, 0.15) is 19.8 Å². The van der Waals surface area contributed by atoms with Gasteiger partial charge < -0.3 is 10.2 Å². The molecule has 3 nitrogen and oxygen atoms in total. The minimum absolute atomic E-state index is 0.269. The standard InChI is InChI=1S/C12H18FN3/c1-9-8-10(5-7-16(9)2)15-12-11(13)4-3-6-14-12/h3-4,6,9-10H,5,7-8H2,1-2H3,(H,14,15). The van der Waals surface area contributed by atoms with Crippen molar-refractivity contribution in [2.75, 3.05) is 18.9 Å². The van der Waals surface area contributed by atoms with Gasteiger partial charge in [-0.25, -0.2) is 9.37 Å². The Morgan fingerprint density at radius 3 is 3.06 bits per heavy atom. The van der Waals surface area contributed by atoms with Gasteiger partial charge in [0.1, 0.15) is 0 Å². The highest BCUT2D eigenvalue weighted by atomic mass is 19.1. The molecule has 2 rings (SSSR count). The minimum atomic E-state index is -0.269. The Kier molecular flexibility index (Phi) is 3.39. The number of aromatic nitrogens is 1. The summed E-state index contributed by atoms with van der Waals surface area (Å²) in [4.78, 5) is 6.34. The van der Waals surface area contributed by atoms with E-state index in [1.807, 2.05) is 0 Å². The predicted octanol–water partition coefficient (Wildman–Crippen LogP) is 2.12. The van der Waals surface area contributed by atoms with Crippen LogP contribution in [0.15, 0.2) is 18.3 Å². The van der Waals surface area contributed by atoms with Crippen LogP contribution in [0.4, 0.5) is 10.2 Å². The zero-order chi connectivity index (χ0) is 11.5. The van der Waals surface area contributed by atoms with Gasteiger partial charge >= 0.3 is 0 Å². The molecule has 0 aliphatic carbocycles. The van der Waals surface area contributed by atoms with Crippen molar-refractivity contribution in [3.05, 3.63) is 24.1 Å². The van der Waals surface area contributed by atoms with Crippen molar-refractivity contribution >= 4 is 5.82 Å². The average Bonchev–Trinajstić information content (AvgIpc) is 2.27. The number of hydrogen-bond donors (Lipinski definition) is 1. The third-order valence-electron chi connectivity index (χ3n) is 3.31. The molecule has 4 heteroatoms. The van der Waals surface area contributed by atoms with Crippen LogP contribution in [0.2, 0.25) is 0 Å². The van der Waals surface area contributed by atoms with Crippen molar-refractivity contribution in [2.24, 2.45) is 0 Å². The molecule has 1 aromatic rings. The van der Waals surface area contributed by atoms with E-state index < -0.39 is 0 Å². The fourth-order valence-electron chi connectivity index (χ4n) is 2.11. The molecule has 1 N–H and O–H groups in total. The Bertz CT molecular complexity index is 356. The number of likely N-dealkylation sites (tertiary alicyclic amines) is 1. The second-order valence-electron chi connectivity index (χ2n) is 4.53. The summed E-state index contributed by atoms with van der Waals surface area (Å²) in [6.45, 7) is 3.25. The van der Waals surface area contributed by atoms with Crippen LogP contribution >= 0.6 is 0 Å². The average molecular weight is 223 g/mol. The maximum Gasteiger partial charge on any atom is 0.165 e. The maximum atomic E-state index is 13.4. The summed E-state index contributed by atoms with van der Waals surface area (Å²) in [6, 6.07) is 3.92. The van der Waals surface area contributed by atoms with Gasteiger partial charge in [-0.05, 0) is 38.9 Å².